The summed E-state index contributed by atoms with van der Waals surface area (Å²) in [6.45, 7) is 6.95. The largest absolute Gasteiger partial charge is 0.494 e. The number of nitrogens with zero attached hydrogens (tertiary/aromatic N) is 6. The van der Waals surface area contributed by atoms with Crippen LogP contribution in [-0.4, -0.2) is 77.6 Å². The number of benzene rings is 2. The Balaban J connectivity index is 1.72. The third kappa shape index (κ3) is 5.65. The van der Waals surface area contributed by atoms with E-state index in [0.29, 0.717) is 35.0 Å². The summed E-state index contributed by atoms with van der Waals surface area (Å²) in [4.78, 5) is 25.1. The van der Waals surface area contributed by atoms with Crippen LogP contribution < -0.4 is 28.9 Å². The lowest BCUT2D eigenvalue weighted by Crippen LogP contribution is -2.33. The molecule has 0 bridgehead atoms. The molecule has 2 heterocycles. The van der Waals surface area contributed by atoms with Gasteiger partial charge in [0.15, 0.2) is 5.82 Å². The molecule has 0 saturated carbocycles. The van der Waals surface area contributed by atoms with Gasteiger partial charge in [0.05, 0.1) is 35.5 Å². The minimum absolute atomic E-state index is 0.143. The van der Waals surface area contributed by atoms with Gasteiger partial charge in [-0.2, -0.15) is 13.4 Å². The second-order valence-electron chi connectivity index (χ2n) is 9.58. The maximum absolute atomic E-state index is 13.3. The van der Waals surface area contributed by atoms with Crippen molar-refractivity contribution < 1.29 is 17.9 Å². The maximum Gasteiger partial charge on any atom is 0.331 e. The van der Waals surface area contributed by atoms with Gasteiger partial charge in [-0.15, -0.1) is 0 Å². The van der Waals surface area contributed by atoms with Crippen LogP contribution in [0.4, 0.5) is 40.2 Å². The van der Waals surface area contributed by atoms with E-state index in [9.17, 15) is 13.2 Å². The van der Waals surface area contributed by atoms with E-state index in [1.807, 2.05) is 45.1 Å². The number of fused-ring (bicyclic) bond motifs is 1. The predicted octanol–water partition coefficient (Wildman–Crippen LogP) is 3.49. The minimum atomic E-state index is -3.89. The topological polar surface area (TPSA) is 123 Å². The third-order valence-electron chi connectivity index (χ3n) is 6.42. The van der Waals surface area contributed by atoms with Gasteiger partial charge in [-0.25, -0.2) is 9.29 Å². The summed E-state index contributed by atoms with van der Waals surface area (Å²) in [7, 11) is 5.06. The lowest BCUT2D eigenvalue weighted by molar-refractivity contribution is -0.111. The molecule has 0 unspecified atom stereocenters. The Hall–Kier alpha value is -4.36. The van der Waals surface area contributed by atoms with Crippen LogP contribution in [0.1, 0.15) is 5.56 Å². The van der Waals surface area contributed by atoms with E-state index in [0.717, 1.165) is 17.8 Å². The van der Waals surface area contributed by atoms with Gasteiger partial charge in [-0.1, -0.05) is 12.6 Å². The predicted molar refractivity (Wildman–Crippen MR) is 160 cm³/mol. The van der Waals surface area contributed by atoms with Crippen molar-refractivity contribution in [3.05, 3.63) is 60.8 Å². The smallest absolute Gasteiger partial charge is 0.331 e. The molecule has 1 amide bonds. The van der Waals surface area contributed by atoms with Crippen molar-refractivity contribution in [3.63, 3.8) is 0 Å². The summed E-state index contributed by atoms with van der Waals surface area (Å²) in [5.74, 6) is 0.426. The maximum atomic E-state index is 13.3. The fourth-order valence-electron chi connectivity index (χ4n) is 4.22. The molecule has 1 aromatic heterocycles. The number of anilines is 7. The first-order valence-corrected chi connectivity index (χ1v) is 13.9. The first-order valence-electron chi connectivity index (χ1n) is 12.5. The van der Waals surface area contributed by atoms with E-state index in [4.69, 9.17) is 4.74 Å². The molecule has 0 spiro atoms. The van der Waals surface area contributed by atoms with E-state index in [2.05, 4.69) is 32.1 Å². The molecule has 13 heteroatoms. The molecule has 0 saturated heterocycles. The molecule has 0 radical (unpaired) electrons. The van der Waals surface area contributed by atoms with Crippen molar-refractivity contribution in [1.82, 2.24) is 14.9 Å². The molecule has 3 aromatic rings. The van der Waals surface area contributed by atoms with E-state index < -0.39 is 10.2 Å². The number of amides is 1. The summed E-state index contributed by atoms with van der Waals surface area (Å²) < 4.78 is 34.7. The SMILES string of the molecule is C=CC(=O)Nc1cc(Nc2nccc(N3c4ccc(C)cc4N(C)S3(=O)=O)n2)c(OC)cc1N(C)CCN(C)C. The van der Waals surface area contributed by atoms with E-state index in [-0.39, 0.29) is 17.7 Å². The Morgan fingerprint density at radius 1 is 1.10 bits per heavy atom. The number of ether oxygens (including phenoxy) is 1. The molecule has 2 N–H and O–H groups in total. The van der Waals surface area contributed by atoms with Crippen LogP contribution in [0.15, 0.2) is 55.3 Å². The first kappa shape index (κ1) is 28.6. The molecule has 0 atom stereocenters. The van der Waals surface area contributed by atoms with Gasteiger partial charge in [-0.3, -0.25) is 9.10 Å². The fourth-order valence-corrected chi connectivity index (χ4v) is 5.60. The molecule has 1 aliphatic rings. The number of methoxy groups -OCH3 is 1. The van der Waals surface area contributed by atoms with Crippen molar-refractivity contribution >= 4 is 56.3 Å². The number of hydrogen-bond acceptors (Lipinski definition) is 9. The average molecular weight is 567 g/mol. The molecule has 0 fully saturated rings. The lowest BCUT2D eigenvalue weighted by Gasteiger charge is -2.26. The second kappa shape index (κ2) is 11.4. The number of nitrogens with one attached hydrogen (secondary N) is 2. The molecular formula is C27H34N8O4S. The summed E-state index contributed by atoms with van der Waals surface area (Å²) in [5, 5.41) is 5.97. The number of rotatable bonds is 10. The Kier molecular flexibility index (Phi) is 8.16. The summed E-state index contributed by atoms with van der Waals surface area (Å²) in [6.07, 6.45) is 2.67. The Morgan fingerprint density at radius 2 is 1.85 bits per heavy atom. The standard InChI is InChI=1S/C27H34N8O4S/c1-8-26(36)29-19-16-20(24(39-7)17-22(19)33(5)14-13-32(3)4)30-27-28-12-11-25(31-27)35-21-10-9-18(2)15-23(21)34(6)40(35,37)38/h8-12,15-17H,1,13-14H2,2-7H3,(H,29,36)(H,28,30,31). The molecule has 12 nitrogen and oxygen atoms in total. The molecule has 0 aliphatic carbocycles. The van der Waals surface area contributed by atoms with Gasteiger partial charge in [0, 0.05) is 45.5 Å². The number of hydrogen-bond donors (Lipinski definition) is 2. The second-order valence-corrected chi connectivity index (χ2v) is 11.4. The molecule has 212 valence electrons. The first-order chi connectivity index (χ1) is 19.0. The van der Waals surface area contributed by atoms with Crippen molar-refractivity contribution in [1.29, 1.82) is 0 Å². The number of aryl methyl sites for hydroxylation is 1. The highest BCUT2D eigenvalue weighted by molar-refractivity contribution is 7.95. The average Bonchev–Trinajstić information content (AvgIpc) is 3.11. The van der Waals surface area contributed by atoms with E-state index in [1.165, 1.54) is 41.1 Å². The Labute approximate surface area is 235 Å². The van der Waals surface area contributed by atoms with Crippen molar-refractivity contribution in [2.45, 2.75) is 6.92 Å². The van der Waals surface area contributed by atoms with Crippen LogP contribution in [0, 0.1) is 6.92 Å². The van der Waals surface area contributed by atoms with E-state index >= 15 is 0 Å². The van der Waals surface area contributed by atoms with Crippen LogP contribution in [0.2, 0.25) is 0 Å². The number of likely N-dealkylation sites (N-methyl/N-ethyl adjacent to an activating group) is 2. The fraction of sp³-hybridized carbons (Fsp3) is 0.296. The van der Waals surface area contributed by atoms with Crippen molar-refractivity contribution in [3.8, 4) is 5.75 Å². The van der Waals surface area contributed by atoms with Gasteiger partial charge < -0.3 is 25.2 Å². The summed E-state index contributed by atoms with van der Waals surface area (Å²) >= 11 is 0. The van der Waals surface area contributed by atoms with Gasteiger partial charge in [-0.05, 0) is 50.9 Å². The zero-order chi connectivity index (χ0) is 29.2. The number of aromatic nitrogens is 2. The number of carbonyl (C=O) groups excluding carboxylic acids is 1. The quantitative estimate of drug-likeness (QED) is 0.355. The molecule has 4 rings (SSSR count). The highest BCUT2D eigenvalue weighted by atomic mass is 32.2. The van der Waals surface area contributed by atoms with Crippen LogP contribution in [-0.2, 0) is 15.0 Å². The minimum Gasteiger partial charge on any atom is -0.494 e. The Morgan fingerprint density at radius 3 is 2.52 bits per heavy atom. The zero-order valence-corrected chi connectivity index (χ0v) is 24.3. The summed E-state index contributed by atoms with van der Waals surface area (Å²) in [5.41, 5.74) is 3.74. The third-order valence-corrected chi connectivity index (χ3v) is 8.15. The zero-order valence-electron chi connectivity index (χ0n) is 23.5. The molecule has 40 heavy (non-hydrogen) atoms. The molecule has 1 aliphatic heterocycles. The molecular weight excluding hydrogens is 532 g/mol. The van der Waals surface area contributed by atoms with E-state index in [1.54, 1.807) is 18.2 Å². The van der Waals surface area contributed by atoms with Crippen LogP contribution in [0.5, 0.6) is 5.75 Å². The van der Waals surface area contributed by atoms with Gasteiger partial charge in [0.2, 0.25) is 11.9 Å². The van der Waals surface area contributed by atoms with Gasteiger partial charge >= 0.3 is 10.2 Å². The normalized spacial score (nSPS) is 13.7. The molecule has 2 aromatic carbocycles. The van der Waals surface area contributed by atoms with Crippen LogP contribution in [0.25, 0.3) is 0 Å². The van der Waals surface area contributed by atoms with Crippen molar-refractivity contribution in [2.75, 3.05) is 72.5 Å². The highest BCUT2D eigenvalue weighted by Gasteiger charge is 2.40. The van der Waals surface area contributed by atoms with Gasteiger partial charge in [0.25, 0.3) is 0 Å². The number of carbonyl (C=O) groups is 1. The highest BCUT2D eigenvalue weighted by Crippen LogP contribution is 2.44. The van der Waals surface area contributed by atoms with Crippen LogP contribution in [0.3, 0.4) is 0 Å². The monoisotopic (exact) mass is 566 g/mol. The lowest BCUT2D eigenvalue weighted by atomic mass is 10.2. The van der Waals surface area contributed by atoms with Gasteiger partial charge in [0.1, 0.15) is 5.75 Å². The summed E-state index contributed by atoms with van der Waals surface area (Å²) in [6, 6.07) is 10.5. The van der Waals surface area contributed by atoms with Crippen molar-refractivity contribution in [2.24, 2.45) is 0 Å². The Bertz CT molecular complexity index is 1540. The van der Waals surface area contributed by atoms with Crippen LogP contribution >= 0.6 is 0 Å².